The molecular weight excluding hydrogens is 424 g/mol. The van der Waals surface area contributed by atoms with Gasteiger partial charge in [0.15, 0.2) is 0 Å². The zero-order chi connectivity index (χ0) is 24.7. The average molecular weight is 475 g/mol. The number of aliphatic hydroxyl groups excluding tert-OH is 4. The molecule has 0 heterocycles. The van der Waals surface area contributed by atoms with E-state index < -0.39 is 23.0 Å². The van der Waals surface area contributed by atoms with Gasteiger partial charge in [-0.3, -0.25) is 0 Å². The minimum absolute atomic E-state index is 0.0620. The molecule has 0 aromatic heterocycles. The molecule has 4 fully saturated rings. The van der Waals surface area contributed by atoms with Gasteiger partial charge in [0.25, 0.3) is 0 Å². The van der Waals surface area contributed by atoms with Gasteiger partial charge < -0.3 is 20.4 Å². The van der Waals surface area contributed by atoms with Crippen LogP contribution in [0.3, 0.4) is 0 Å². The van der Waals surface area contributed by atoms with Crippen molar-refractivity contribution in [1.82, 2.24) is 0 Å². The zero-order valence-corrected chi connectivity index (χ0v) is 22.3. The minimum Gasteiger partial charge on any atom is -0.396 e. The molecular formula is C30H50O4. The van der Waals surface area contributed by atoms with E-state index in [1.807, 2.05) is 0 Å². The van der Waals surface area contributed by atoms with E-state index in [1.165, 1.54) is 25.7 Å². The third-order valence-corrected chi connectivity index (χ3v) is 13.2. The molecule has 4 saturated carbocycles. The quantitative estimate of drug-likeness (QED) is 0.421. The molecule has 0 aliphatic heterocycles. The second kappa shape index (κ2) is 8.04. The summed E-state index contributed by atoms with van der Waals surface area (Å²) in [6.07, 6.45) is 12.2. The maximum Gasteiger partial charge on any atom is 0.0618 e. The van der Waals surface area contributed by atoms with E-state index >= 15 is 0 Å². The number of allylic oxidation sites excluding steroid dienone is 2. The van der Waals surface area contributed by atoms with Crippen molar-refractivity contribution in [2.45, 2.75) is 111 Å². The molecule has 4 heteroatoms. The Morgan fingerprint density at radius 3 is 1.91 bits per heavy atom. The van der Waals surface area contributed by atoms with Crippen molar-refractivity contribution in [3.63, 3.8) is 0 Å². The maximum atomic E-state index is 10.9. The van der Waals surface area contributed by atoms with Crippen molar-refractivity contribution in [2.75, 3.05) is 13.2 Å². The lowest BCUT2D eigenvalue weighted by Gasteiger charge is -2.64. The highest BCUT2D eigenvalue weighted by Gasteiger charge is 2.64. The number of rotatable bonds is 2. The van der Waals surface area contributed by atoms with Crippen LogP contribution in [0.5, 0.6) is 0 Å². The lowest BCUT2D eigenvalue weighted by atomic mass is 9.42. The second-order valence-electron chi connectivity index (χ2n) is 14.6. The van der Waals surface area contributed by atoms with E-state index in [0.717, 1.165) is 38.5 Å². The summed E-state index contributed by atoms with van der Waals surface area (Å²) >= 11 is 0. The van der Waals surface area contributed by atoms with Crippen LogP contribution in [-0.4, -0.2) is 45.8 Å². The van der Waals surface area contributed by atoms with Crippen LogP contribution in [0.25, 0.3) is 0 Å². The Labute approximate surface area is 207 Å². The summed E-state index contributed by atoms with van der Waals surface area (Å²) in [7, 11) is 0. The summed E-state index contributed by atoms with van der Waals surface area (Å²) in [5.41, 5.74) is 1.39. The smallest absolute Gasteiger partial charge is 0.0618 e. The van der Waals surface area contributed by atoms with E-state index in [0.29, 0.717) is 23.7 Å². The molecule has 11 atom stereocenters. The third-order valence-electron chi connectivity index (χ3n) is 13.2. The van der Waals surface area contributed by atoms with Crippen LogP contribution in [0.4, 0.5) is 0 Å². The lowest BCUT2D eigenvalue weighted by molar-refractivity contribution is -0.189. The topological polar surface area (TPSA) is 80.9 Å². The number of aliphatic hydroxyl groups is 4. The van der Waals surface area contributed by atoms with Crippen molar-refractivity contribution in [3.8, 4) is 0 Å². The van der Waals surface area contributed by atoms with Gasteiger partial charge in [-0.2, -0.15) is 0 Å². The molecule has 5 aliphatic carbocycles. The number of hydrogen-bond acceptors (Lipinski definition) is 4. The summed E-state index contributed by atoms with van der Waals surface area (Å²) in [4.78, 5) is 0. The zero-order valence-electron chi connectivity index (χ0n) is 22.3. The summed E-state index contributed by atoms with van der Waals surface area (Å²) < 4.78 is 0. The van der Waals surface area contributed by atoms with Crippen LogP contribution in [-0.2, 0) is 0 Å². The number of hydrogen-bond donors (Lipinski definition) is 4. The summed E-state index contributed by atoms with van der Waals surface area (Å²) in [5.74, 6) is 1.82. The van der Waals surface area contributed by atoms with Crippen molar-refractivity contribution < 1.29 is 20.4 Å². The molecule has 0 spiro atoms. The standard InChI is InChI=1S/C30H50O4/c1-26-13-10-23-28(3,15-12-25(34)30(23,5)18-32)21(26)9-7-20-19(16-26)6-8-22-27(20,2)14-11-24(33)29(22,4)17-31/h6,20-25,31-34H,7-18H2,1-5H3/t20-,21-,22+,23-,24+,25-,26-,27+,28+,29+,30+/m0/s1. The molecule has 5 aliphatic rings. The normalized spacial score (nSPS) is 57.4. The van der Waals surface area contributed by atoms with E-state index in [-0.39, 0.29) is 29.5 Å². The third kappa shape index (κ3) is 3.17. The summed E-state index contributed by atoms with van der Waals surface area (Å²) in [5, 5.41) is 42.6. The van der Waals surface area contributed by atoms with Gasteiger partial charge in [0.05, 0.1) is 25.4 Å². The van der Waals surface area contributed by atoms with Gasteiger partial charge in [-0.25, -0.2) is 0 Å². The fraction of sp³-hybridized carbons (Fsp3) is 0.933. The first-order chi connectivity index (χ1) is 15.9. The predicted molar refractivity (Wildman–Crippen MR) is 135 cm³/mol. The molecule has 0 saturated heterocycles. The van der Waals surface area contributed by atoms with Gasteiger partial charge in [0.1, 0.15) is 0 Å². The van der Waals surface area contributed by atoms with Crippen molar-refractivity contribution >= 4 is 0 Å². The second-order valence-corrected chi connectivity index (χ2v) is 14.6. The van der Waals surface area contributed by atoms with Gasteiger partial charge in [0.2, 0.25) is 0 Å². The predicted octanol–water partition coefficient (Wildman–Crippen LogP) is 5.08. The Morgan fingerprint density at radius 1 is 0.706 bits per heavy atom. The van der Waals surface area contributed by atoms with Gasteiger partial charge in [-0.15, -0.1) is 0 Å². The summed E-state index contributed by atoms with van der Waals surface area (Å²) in [6.45, 7) is 11.9. The van der Waals surface area contributed by atoms with E-state index in [9.17, 15) is 20.4 Å². The fourth-order valence-electron chi connectivity index (χ4n) is 11.0. The molecule has 194 valence electrons. The largest absolute Gasteiger partial charge is 0.396 e. The molecule has 0 unspecified atom stereocenters. The lowest BCUT2D eigenvalue weighted by Crippen LogP contribution is -2.60. The Kier molecular flexibility index (Phi) is 5.97. The van der Waals surface area contributed by atoms with Crippen LogP contribution >= 0.6 is 0 Å². The van der Waals surface area contributed by atoms with Crippen LogP contribution in [0.15, 0.2) is 11.6 Å². The Bertz CT molecular complexity index is 840. The van der Waals surface area contributed by atoms with Crippen LogP contribution in [0, 0.1) is 50.7 Å². The average Bonchev–Trinajstić information content (AvgIpc) is 2.96. The van der Waals surface area contributed by atoms with E-state index in [2.05, 4.69) is 40.7 Å². The first-order valence-corrected chi connectivity index (χ1v) is 14.2. The highest BCUT2D eigenvalue weighted by Crippen LogP contribution is 2.70. The highest BCUT2D eigenvalue weighted by molar-refractivity contribution is 5.25. The molecule has 5 rings (SSSR count). The molecule has 0 amide bonds. The van der Waals surface area contributed by atoms with E-state index in [1.54, 1.807) is 5.57 Å². The monoisotopic (exact) mass is 474 g/mol. The van der Waals surface area contributed by atoms with Gasteiger partial charge in [0, 0.05) is 10.8 Å². The van der Waals surface area contributed by atoms with Crippen molar-refractivity contribution in [3.05, 3.63) is 11.6 Å². The van der Waals surface area contributed by atoms with Gasteiger partial charge in [-0.1, -0.05) is 46.3 Å². The minimum atomic E-state index is -0.419. The van der Waals surface area contributed by atoms with Crippen molar-refractivity contribution in [2.24, 2.45) is 50.7 Å². The first-order valence-electron chi connectivity index (χ1n) is 14.2. The van der Waals surface area contributed by atoms with Crippen molar-refractivity contribution in [1.29, 1.82) is 0 Å². The molecule has 0 bridgehead atoms. The van der Waals surface area contributed by atoms with Crippen LogP contribution in [0.2, 0.25) is 0 Å². The highest BCUT2D eigenvalue weighted by atomic mass is 16.3. The van der Waals surface area contributed by atoms with Crippen LogP contribution < -0.4 is 0 Å². The first kappa shape index (κ1) is 25.2. The number of fused-ring (bicyclic) bond motifs is 6. The van der Waals surface area contributed by atoms with Gasteiger partial charge in [-0.05, 0) is 104 Å². The SMILES string of the molecule is C[C@@]12CC[C@H]3[C@](C)(CC[C@H](O)[C@]3(C)CO)[C@H]1CC[C@H]1C(=CC[C@@H]3[C@]1(C)CC[C@@H](O)[C@]3(C)CO)C2. The maximum absolute atomic E-state index is 10.9. The molecule has 0 aromatic rings. The molecule has 34 heavy (non-hydrogen) atoms. The Hall–Kier alpha value is -0.420. The Balaban J connectivity index is 1.50. The molecule has 0 aromatic carbocycles. The van der Waals surface area contributed by atoms with Gasteiger partial charge >= 0.3 is 0 Å². The summed E-state index contributed by atoms with van der Waals surface area (Å²) in [6, 6.07) is 0. The molecule has 4 nitrogen and oxygen atoms in total. The molecule has 4 N–H and O–H groups in total. The fourth-order valence-corrected chi connectivity index (χ4v) is 11.0. The van der Waals surface area contributed by atoms with Crippen LogP contribution in [0.1, 0.15) is 98.8 Å². The Morgan fingerprint density at radius 2 is 1.29 bits per heavy atom. The molecule has 0 radical (unpaired) electrons. The van der Waals surface area contributed by atoms with E-state index in [4.69, 9.17) is 0 Å².